The smallest absolute Gasteiger partial charge is 0.210 e. The summed E-state index contributed by atoms with van der Waals surface area (Å²) in [6.07, 6.45) is 1.20. The summed E-state index contributed by atoms with van der Waals surface area (Å²) in [7, 11) is 0. The van der Waals surface area contributed by atoms with E-state index < -0.39 is 0 Å². The van der Waals surface area contributed by atoms with E-state index in [4.69, 9.17) is 9.47 Å². The molecule has 0 amide bonds. The molecule has 0 aliphatic carbocycles. The van der Waals surface area contributed by atoms with Gasteiger partial charge in [-0.15, -0.1) is 10.2 Å². The Balaban J connectivity index is 1.52. The second kappa shape index (κ2) is 7.22. The van der Waals surface area contributed by atoms with E-state index >= 15 is 0 Å². The number of nitrogens with one attached hydrogen (secondary N) is 1. The zero-order valence-electron chi connectivity index (χ0n) is 11.7. The van der Waals surface area contributed by atoms with Gasteiger partial charge in [0.05, 0.1) is 12.7 Å². The molecular formula is C14H17N3O2S2. The number of aromatic nitrogens is 2. The molecule has 21 heavy (non-hydrogen) atoms. The molecule has 112 valence electrons. The van der Waals surface area contributed by atoms with E-state index in [1.165, 1.54) is 5.56 Å². The van der Waals surface area contributed by atoms with Crippen LogP contribution in [-0.2, 0) is 9.47 Å². The monoisotopic (exact) mass is 323 g/mol. The van der Waals surface area contributed by atoms with Crippen molar-refractivity contribution in [2.24, 2.45) is 0 Å². The summed E-state index contributed by atoms with van der Waals surface area (Å²) in [5, 5.41) is 12.4. The van der Waals surface area contributed by atoms with Crippen molar-refractivity contribution in [1.29, 1.82) is 0 Å². The zero-order valence-corrected chi connectivity index (χ0v) is 13.4. The number of thioether (sulfide) groups is 1. The first-order valence-corrected chi connectivity index (χ1v) is 8.59. The van der Waals surface area contributed by atoms with Crippen LogP contribution in [0.25, 0.3) is 0 Å². The lowest BCUT2D eigenvalue weighted by atomic mass is 10.2. The Bertz CT molecular complexity index is 568. The van der Waals surface area contributed by atoms with E-state index in [1.807, 2.05) is 12.1 Å². The molecule has 0 saturated carbocycles. The lowest BCUT2D eigenvalue weighted by molar-refractivity contribution is -0.130. The van der Waals surface area contributed by atoms with Crippen LogP contribution in [0.5, 0.6) is 0 Å². The summed E-state index contributed by atoms with van der Waals surface area (Å²) in [5.74, 6) is 0.891. The summed E-state index contributed by atoms with van der Waals surface area (Å²) in [5.41, 5.74) is 2.27. The highest BCUT2D eigenvalue weighted by Gasteiger charge is 2.15. The van der Waals surface area contributed by atoms with Crippen LogP contribution < -0.4 is 5.32 Å². The minimum absolute atomic E-state index is 0.251. The lowest BCUT2D eigenvalue weighted by Gasteiger charge is -2.21. The molecule has 3 rings (SSSR count). The Kier molecular flexibility index (Phi) is 5.08. The lowest BCUT2D eigenvalue weighted by Crippen LogP contribution is -2.25. The Labute approximate surface area is 132 Å². The summed E-state index contributed by atoms with van der Waals surface area (Å²) < 4.78 is 11.6. The van der Waals surface area contributed by atoms with Gasteiger partial charge in [-0.05, 0) is 25.5 Å². The van der Waals surface area contributed by atoms with Gasteiger partial charge >= 0.3 is 0 Å². The highest BCUT2D eigenvalue weighted by Crippen LogP contribution is 2.29. The van der Waals surface area contributed by atoms with Crippen molar-refractivity contribution in [3.05, 3.63) is 29.8 Å². The van der Waals surface area contributed by atoms with Crippen molar-refractivity contribution in [2.75, 3.05) is 24.5 Å². The first-order valence-electron chi connectivity index (χ1n) is 6.79. The third kappa shape index (κ3) is 4.41. The molecule has 5 nitrogen and oxygen atoms in total. The minimum Gasteiger partial charge on any atom is -0.355 e. The van der Waals surface area contributed by atoms with Crippen molar-refractivity contribution in [1.82, 2.24) is 10.2 Å². The molecular weight excluding hydrogens is 306 g/mol. The largest absolute Gasteiger partial charge is 0.355 e. The van der Waals surface area contributed by atoms with E-state index in [1.54, 1.807) is 23.1 Å². The Hall–Kier alpha value is -1.15. The van der Waals surface area contributed by atoms with Crippen LogP contribution in [0.4, 0.5) is 10.8 Å². The second-order valence-electron chi connectivity index (χ2n) is 4.78. The average Bonchev–Trinajstić information content (AvgIpc) is 2.96. The summed E-state index contributed by atoms with van der Waals surface area (Å²) in [6, 6.07) is 8.22. The minimum atomic E-state index is 0.251. The number of hydrogen-bond donors (Lipinski definition) is 1. The molecule has 0 spiro atoms. The maximum atomic E-state index is 5.51. The van der Waals surface area contributed by atoms with Gasteiger partial charge in [0.15, 0.2) is 4.34 Å². The van der Waals surface area contributed by atoms with Crippen molar-refractivity contribution >= 4 is 33.9 Å². The fraction of sp³-hybridized carbons (Fsp3) is 0.429. The first-order chi connectivity index (χ1) is 10.3. The predicted octanol–water partition coefficient (Wildman–Crippen LogP) is 3.45. The number of anilines is 2. The standard InChI is InChI=1S/C14H17N3O2S2/c1-10-2-4-11(5-3-10)15-13-16-17-14(21-13)20-8-12-6-7-18-9-19-12/h2-5,12H,6-9H2,1H3,(H,15,16)/t12-/m0/s1. The van der Waals surface area contributed by atoms with Crippen LogP contribution in [0.1, 0.15) is 12.0 Å². The van der Waals surface area contributed by atoms with Crippen molar-refractivity contribution in [3.8, 4) is 0 Å². The van der Waals surface area contributed by atoms with E-state index in [-0.39, 0.29) is 6.10 Å². The van der Waals surface area contributed by atoms with Crippen LogP contribution in [-0.4, -0.2) is 35.5 Å². The number of rotatable bonds is 5. The Morgan fingerprint density at radius 2 is 2.19 bits per heavy atom. The van der Waals surface area contributed by atoms with Crippen LogP contribution >= 0.6 is 23.1 Å². The van der Waals surface area contributed by atoms with E-state index in [0.717, 1.165) is 33.9 Å². The highest BCUT2D eigenvalue weighted by molar-refractivity contribution is 8.01. The number of hydrogen-bond acceptors (Lipinski definition) is 7. The number of ether oxygens (including phenoxy) is 2. The molecule has 0 unspecified atom stereocenters. The molecule has 1 aliphatic heterocycles. The molecule has 1 N–H and O–H groups in total. The van der Waals surface area contributed by atoms with Gasteiger partial charge in [-0.2, -0.15) is 0 Å². The van der Waals surface area contributed by atoms with Gasteiger partial charge < -0.3 is 14.8 Å². The number of aryl methyl sites for hydroxylation is 1. The van der Waals surface area contributed by atoms with Crippen LogP contribution in [0.2, 0.25) is 0 Å². The Morgan fingerprint density at radius 3 is 2.95 bits per heavy atom. The van der Waals surface area contributed by atoms with Crippen LogP contribution in [0.15, 0.2) is 28.6 Å². The third-order valence-electron chi connectivity index (χ3n) is 3.07. The fourth-order valence-electron chi connectivity index (χ4n) is 1.88. The van der Waals surface area contributed by atoms with Gasteiger partial charge in [-0.1, -0.05) is 40.8 Å². The highest BCUT2D eigenvalue weighted by atomic mass is 32.2. The van der Waals surface area contributed by atoms with Crippen LogP contribution in [0, 0.1) is 6.92 Å². The molecule has 1 fully saturated rings. The van der Waals surface area contributed by atoms with E-state index in [9.17, 15) is 0 Å². The van der Waals surface area contributed by atoms with Gasteiger partial charge in [0, 0.05) is 11.4 Å². The van der Waals surface area contributed by atoms with Gasteiger partial charge in [0.1, 0.15) is 6.79 Å². The second-order valence-corrected chi connectivity index (χ2v) is 7.02. The molecule has 2 heterocycles. The fourth-order valence-corrected chi connectivity index (χ4v) is 3.74. The third-order valence-corrected chi connectivity index (χ3v) is 5.18. The van der Waals surface area contributed by atoms with Crippen molar-refractivity contribution in [3.63, 3.8) is 0 Å². The summed E-state index contributed by atoms with van der Waals surface area (Å²) in [4.78, 5) is 0. The molecule has 7 heteroatoms. The van der Waals surface area contributed by atoms with Crippen LogP contribution in [0.3, 0.4) is 0 Å². The molecule has 1 saturated heterocycles. The molecule has 1 aromatic carbocycles. The van der Waals surface area contributed by atoms with Gasteiger partial charge in [-0.25, -0.2) is 0 Å². The number of benzene rings is 1. The molecule has 0 bridgehead atoms. The SMILES string of the molecule is Cc1ccc(Nc2nnc(SC[C@@H]3CCOCO3)s2)cc1. The average molecular weight is 323 g/mol. The molecule has 1 aliphatic rings. The van der Waals surface area contributed by atoms with Gasteiger partial charge in [0.2, 0.25) is 5.13 Å². The predicted molar refractivity (Wildman–Crippen MR) is 85.4 cm³/mol. The zero-order chi connectivity index (χ0) is 14.5. The van der Waals surface area contributed by atoms with Crippen molar-refractivity contribution in [2.45, 2.75) is 23.8 Å². The maximum absolute atomic E-state index is 5.51. The Morgan fingerprint density at radius 1 is 1.33 bits per heavy atom. The molecule has 2 aromatic rings. The first kappa shape index (κ1) is 14.8. The molecule has 1 aromatic heterocycles. The molecule has 1 atom stereocenters. The van der Waals surface area contributed by atoms with Crippen molar-refractivity contribution < 1.29 is 9.47 Å². The summed E-state index contributed by atoms with van der Waals surface area (Å²) in [6.45, 7) is 3.25. The van der Waals surface area contributed by atoms with E-state index in [0.29, 0.717) is 6.79 Å². The van der Waals surface area contributed by atoms with Gasteiger partial charge in [-0.3, -0.25) is 0 Å². The van der Waals surface area contributed by atoms with Gasteiger partial charge in [0.25, 0.3) is 0 Å². The topological polar surface area (TPSA) is 56.3 Å². The van der Waals surface area contributed by atoms with E-state index in [2.05, 4.69) is 34.6 Å². The molecule has 0 radical (unpaired) electrons. The number of nitrogens with zero attached hydrogens (tertiary/aromatic N) is 2. The quantitative estimate of drug-likeness (QED) is 0.851. The summed E-state index contributed by atoms with van der Waals surface area (Å²) >= 11 is 3.25. The maximum Gasteiger partial charge on any atom is 0.210 e. The normalized spacial score (nSPS) is 18.6.